The molecule has 0 aromatic rings. The molecule has 1 fully saturated rings. The first-order valence-corrected chi connectivity index (χ1v) is 8.46. The van der Waals surface area contributed by atoms with Crippen molar-refractivity contribution in [3.8, 4) is 0 Å². The molecule has 2 atom stereocenters. The van der Waals surface area contributed by atoms with Gasteiger partial charge in [-0.05, 0) is 6.54 Å². The molecule has 0 saturated heterocycles. The average Bonchev–Trinajstić information content (AvgIpc) is 3.27. The van der Waals surface area contributed by atoms with E-state index in [1.807, 2.05) is 30.4 Å². The minimum atomic E-state index is 0.478. The maximum Gasteiger partial charge on any atom is 0.0445 e. The highest BCUT2D eigenvalue weighted by atomic mass is 15.4. The molecule has 0 aromatic carbocycles. The zero-order chi connectivity index (χ0) is 17.2. The van der Waals surface area contributed by atoms with Gasteiger partial charge in [-0.3, -0.25) is 14.7 Å². The van der Waals surface area contributed by atoms with Crippen molar-refractivity contribution in [2.24, 2.45) is 0 Å². The van der Waals surface area contributed by atoms with Crippen LogP contribution in [0.3, 0.4) is 0 Å². The Balaban J connectivity index is 3.01. The van der Waals surface area contributed by atoms with Crippen molar-refractivity contribution in [1.29, 1.82) is 0 Å². The second-order valence-corrected chi connectivity index (χ2v) is 5.91. The number of likely N-dealkylation sites (N-methyl/N-ethyl adjacent to an activating group) is 1. The summed E-state index contributed by atoms with van der Waals surface area (Å²) in [6.07, 6.45) is 9.90. The molecule has 0 radical (unpaired) electrons. The van der Waals surface area contributed by atoms with Crippen molar-refractivity contribution in [3.63, 3.8) is 0 Å². The SMILES string of the molecule is C=CCN(CC)C1C(N(CC=C)CC=C)C1N(CC=C)CC=C. The molecule has 1 saturated carbocycles. The van der Waals surface area contributed by atoms with Gasteiger partial charge in [0.05, 0.1) is 0 Å². The number of nitrogens with zero attached hydrogens (tertiary/aromatic N) is 3. The van der Waals surface area contributed by atoms with E-state index in [1.54, 1.807) is 0 Å². The van der Waals surface area contributed by atoms with Crippen molar-refractivity contribution in [1.82, 2.24) is 14.7 Å². The summed E-state index contributed by atoms with van der Waals surface area (Å²) < 4.78 is 0. The van der Waals surface area contributed by atoms with E-state index in [1.165, 1.54) is 0 Å². The predicted molar refractivity (Wildman–Crippen MR) is 103 cm³/mol. The number of hydrogen-bond acceptors (Lipinski definition) is 3. The van der Waals surface area contributed by atoms with Gasteiger partial charge in [-0.25, -0.2) is 0 Å². The van der Waals surface area contributed by atoms with Gasteiger partial charge in [0.1, 0.15) is 0 Å². The zero-order valence-corrected chi connectivity index (χ0v) is 14.7. The van der Waals surface area contributed by atoms with Gasteiger partial charge < -0.3 is 0 Å². The molecule has 0 bridgehead atoms. The molecule has 0 aliphatic heterocycles. The third kappa shape index (κ3) is 5.03. The largest absolute Gasteiger partial charge is 0.294 e. The van der Waals surface area contributed by atoms with Crippen LogP contribution in [0.15, 0.2) is 63.3 Å². The topological polar surface area (TPSA) is 9.72 Å². The molecule has 128 valence electrons. The Morgan fingerprint density at radius 2 is 0.826 bits per heavy atom. The van der Waals surface area contributed by atoms with Crippen molar-refractivity contribution < 1.29 is 0 Å². The lowest BCUT2D eigenvalue weighted by molar-refractivity contribution is 0.240. The van der Waals surface area contributed by atoms with Crippen molar-refractivity contribution in [3.05, 3.63) is 63.3 Å². The highest BCUT2D eigenvalue weighted by Gasteiger charge is 2.57. The van der Waals surface area contributed by atoms with Gasteiger partial charge in [-0.2, -0.15) is 0 Å². The van der Waals surface area contributed by atoms with E-state index >= 15 is 0 Å². The lowest BCUT2D eigenvalue weighted by Crippen LogP contribution is -2.35. The third-order valence-corrected chi connectivity index (χ3v) is 4.40. The van der Waals surface area contributed by atoms with E-state index in [9.17, 15) is 0 Å². The van der Waals surface area contributed by atoms with Crippen LogP contribution >= 0.6 is 0 Å². The van der Waals surface area contributed by atoms with Crippen LogP contribution in [0, 0.1) is 0 Å². The first-order valence-electron chi connectivity index (χ1n) is 8.46. The minimum Gasteiger partial charge on any atom is -0.294 e. The van der Waals surface area contributed by atoms with Crippen LogP contribution < -0.4 is 0 Å². The Hall–Kier alpha value is -1.42. The van der Waals surface area contributed by atoms with Gasteiger partial charge in [0.25, 0.3) is 0 Å². The minimum absolute atomic E-state index is 0.478. The molecular formula is C20H33N3. The van der Waals surface area contributed by atoms with Crippen LogP contribution in [0.4, 0.5) is 0 Å². The normalized spacial score (nSPS) is 23.0. The summed E-state index contributed by atoms with van der Waals surface area (Å²) in [6, 6.07) is 1.45. The highest BCUT2D eigenvalue weighted by Crippen LogP contribution is 2.38. The fraction of sp³-hybridized carbons (Fsp3) is 0.500. The van der Waals surface area contributed by atoms with E-state index < -0.39 is 0 Å². The van der Waals surface area contributed by atoms with Crippen LogP contribution in [0.5, 0.6) is 0 Å². The maximum atomic E-state index is 3.91. The van der Waals surface area contributed by atoms with Gasteiger partial charge in [0.2, 0.25) is 0 Å². The summed E-state index contributed by atoms with van der Waals surface area (Å²) in [7, 11) is 0. The second-order valence-electron chi connectivity index (χ2n) is 5.91. The molecule has 0 spiro atoms. The molecule has 2 unspecified atom stereocenters. The molecule has 23 heavy (non-hydrogen) atoms. The Morgan fingerprint density at radius 3 is 1.09 bits per heavy atom. The Kier molecular flexibility index (Phi) is 8.85. The average molecular weight is 316 g/mol. The molecular weight excluding hydrogens is 282 g/mol. The summed E-state index contributed by atoms with van der Waals surface area (Å²) in [5.41, 5.74) is 0. The quantitative estimate of drug-likeness (QED) is 0.456. The summed E-state index contributed by atoms with van der Waals surface area (Å²) in [4.78, 5) is 7.42. The van der Waals surface area contributed by atoms with Crippen LogP contribution in [0.2, 0.25) is 0 Å². The Bertz CT molecular complexity index is 365. The van der Waals surface area contributed by atoms with Crippen molar-refractivity contribution >= 4 is 0 Å². The predicted octanol–water partition coefficient (Wildman–Crippen LogP) is 2.96. The summed E-state index contributed by atoms with van der Waals surface area (Å²) in [6.45, 7) is 27.2. The van der Waals surface area contributed by atoms with Gasteiger partial charge in [-0.1, -0.05) is 37.3 Å². The molecule has 3 heteroatoms. The monoisotopic (exact) mass is 315 g/mol. The van der Waals surface area contributed by atoms with Gasteiger partial charge in [-0.15, -0.1) is 32.9 Å². The molecule has 0 aromatic heterocycles. The number of hydrogen-bond donors (Lipinski definition) is 0. The maximum absolute atomic E-state index is 3.91. The van der Waals surface area contributed by atoms with Crippen LogP contribution in [-0.4, -0.2) is 72.1 Å². The molecule has 3 nitrogen and oxygen atoms in total. The first kappa shape index (κ1) is 19.6. The zero-order valence-electron chi connectivity index (χ0n) is 14.7. The Morgan fingerprint density at radius 1 is 0.565 bits per heavy atom. The van der Waals surface area contributed by atoms with E-state index in [0.717, 1.165) is 39.3 Å². The van der Waals surface area contributed by atoms with Crippen molar-refractivity contribution in [2.75, 3.05) is 39.3 Å². The molecule has 1 rings (SSSR count). The fourth-order valence-corrected chi connectivity index (χ4v) is 3.49. The highest BCUT2D eigenvalue weighted by molar-refractivity contribution is 5.19. The van der Waals surface area contributed by atoms with Crippen LogP contribution in [0.25, 0.3) is 0 Å². The summed E-state index contributed by atoms with van der Waals surface area (Å²) in [5, 5.41) is 0. The van der Waals surface area contributed by atoms with Gasteiger partial charge in [0.15, 0.2) is 0 Å². The van der Waals surface area contributed by atoms with Gasteiger partial charge >= 0.3 is 0 Å². The van der Waals surface area contributed by atoms with E-state index in [4.69, 9.17) is 0 Å². The molecule has 0 N–H and O–H groups in total. The van der Waals surface area contributed by atoms with Crippen LogP contribution in [0.1, 0.15) is 6.92 Å². The molecule has 0 heterocycles. The molecule has 0 amide bonds. The first-order chi connectivity index (χ1) is 11.2. The molecule has 1 aliphatic rings. The summed E-state index contributed by atoms with van der Waals surface area (Å²) in [5.74, 6) is 0. The standard InChI is InChI=1S/C20H33N3/c1-7-13-21(12-6)18-19(22(14-8-2)15-9-3)20(18)23(16-10-4)17-11-5/h7-11,18-20H,1-5,12-17H2,6H3. The molecule has 1 aliphatic carbocycles. The number of rotatable bonds is 14. The smallest absolute Gasteiger partial charge is 0.0445 e. The van der Waals surface area contributed by atoms with Crippen molar-refractivity contribution in [2.45, 2.75) is 25.0 Å². The van der Waals surface area contributed by atoms with Gasteiger partial charge in [0, 0.05) is 50.8 Å². The van der Waals surface area contributed by atoms with E-state index in [2.05, 4.69) is 54.5 Å². The lowest BCUT2D eigenvalue weighted by atomic mass is 10.3. The lowest BCUT2D eigenvalue weighted by Gasteiger charge is -2.23. The third-order valence-electron chi connectivity index (χ3n) is 4.40. The van der Waals surface area contributed by atoms with E-state index in [-0.39, 0.29) is 0 Å². The van der Waals surface area contributed by atoms with E-state index in [0.29, 0.717) is 18.1 Å². The second kappa shape index (κ2) is 10.4. The fourth-order valence-electron chi connectivity index (χ4n) is 3.49. The van der Waals surface area contributed by atoms with Crippen LogP contribution in [-0.2, 0) is 0 Å². The Labute approximate surface area is 142 Å². The summed E-state index contributed by atoms with van der Waals surface area (Å²) >= 11 is 0.